The van der Waals surface area contributed by atoms with E-state index in [2.05, 4.69) is 44.8 Å². The summed E-state index contributed by atoms with van der Waals surface area (Å²) in [5.74, 6) is -1.16. The minimum absolute atomic E-state index is 0.0509. The third-order valence-electron chi connectivity index (χ3n) is 11.1. The van der Waals surface area contributed by atoms with Gasteiger partial charge in [0.05, 0.1) is 11.7 Å². The number of amides is 4. The second kappa shape index (κ2) is 15.1. The van der Waals surface area contributed by atoms with Gasteiger partial charge >= 0.3 is 6.03 Å². The van der Waals surface area contributed by atoms with Gasteiger partial charge in [-0.15, -0.1) is 0 Å². The van der Waals surface area contributed by atoms with Crippen molar-refractivity contribution in [3.05, 3.63) is 47.5 Å². The number of nitrogens with one attached hydrogen (secondary N) is 3. The van der Waals surface area contributed by atoms with Crippen LogP contribution >= 0.6 is 0 Å². The fraction of sp³-hybridized carbons (Fsp3) is 0.667. The average molecular weight is 681 g/mol. The van der Waals surface area contributed by atoms with Gasteiger partial charge in [-0.1, -0.05) is 32.8 Å². The van der Waals surface area contributed by atoms with E-state index in [-0.39, 0.29) is 53.9 Å². The number of benzene rings is 1. The van der Waals surface area contributed by atoms with E-state index < -0.39 is 17.8 Å². The monoisotopic (exact) mass is 680 g/mol. The molecule has 0 radical (unpaired) electrons. The van der Waals surface area contributed by atoms with Crippen LogP contribution in [0.5, 0.6) is 0 Å². The lowest BCUT2D eigenvalue weighted by atomic mass is 9.79. The van der Waals surface area contributed by atoms with Gasteiger partial charge in [-0.25, -0.2) is 9.18 Å². The molecule has 4 fully saturated rings. The average Bonchev–Trinajstić information content (AvgIpc) is 4.04. The third kappa shape index (κ3) is 8.26. The predicted octanol–water partition coefficient (Wildman–Crippen LogP) is 3.85. The van der Waals surface area contributed by atoms with Crippen LogP contribution in [-0.2, 0) is 16.1 Å². The highest BCUT2D eigenvalue weighted by molar-refractivity contribution is 6.00. The highest BCUT2D eigenvalue weighted by Crippen LogP contribution is 2.37. The van der Waals surface area contributed by atoms with Crippen molar-refractivity contribution in [2.75, 3.05) is 45.6 Å². The standard InChI is InChI=1S/C36H53FN8O4/c1-6-45-29(15-16-38-45)33(46)40-31(24-9-7-22(2)8-10-24)34(47)39-28-14-11-25(21-27(28)37)23(3)30(41-36(48)43(5)26-12-13-26)32-35(49-32)44-19-17-42(4)18-20-44/h11,14-16,21-24,26,30-32,35H,6-10,12-13,17-20H2,1-5H3,(H,39,47)(H,40,46)(H,41,48)/t22?,23-,24?,30+,31-,32?,35?/m0/s1. The molecular weight excluding hydrogens is 627 g/mol. The molecule has 4 aliphatic rings. The molecule has 13 heteroatoms. The number of urea groups is 1. The first kappa shape index (κ1) is 35.3. The Morgan fingerprint density at radius 2 is 1.76 bits per heavy atom. The van der Waals surface area contributed by atoms with Crippen LogP contribution in [0.3, 0.4) is 0 Å². The molecule has 3 N–H and O–H groups in total. The zero-order chi connectivity index (χ0) is 34.8. The number of piperazine rings is 1. The van der Waals surface area contributed by atoms with Gasteiger partial charge in [0, 0.05) is 57.9 Å². The van der Waals surface area contributed by atoms with Crippen molar-refractivity contribution in [3.8, 4) is 0 Å². The van der Waals surface area contributed by atoms with Crippen molar-refractivity contribution in [2.45, 2.75) is 102 Å². The number of carbonyl (C=O) groups is 3. The summed E-state index contributed by atoms with van der Waals surface area (Å²) in [6.07, 6.45) is 6.78. The lowest BCUT2D eigenvalue weighted by Gasteiger charge is -2.32. The van der Waals surface area contributed by atoms with Gasteiger partial charge in [0.1, 0.15) is 29.9 Å². The smallest absolute Gasteiger partial charge is 0.317 e. The van der Waals surface area contributed by atoms with Crippen molar-refractivity contribution in [1.82, 2.24) is 35.1 Å². The number of hydrogen-bond acceptors (Lipinski definition) is 7. The molecule has 49 heavy (non-hydrogen) atoms. The number of nitrogens with zero attached hydrogens (tertiary/aromatic N) is 5. The Morgan fingerprint density at radius 3 is 2.41 bits per heavy atom. The molecular formula is C36H53FN8O4. The van der Waals surface area contributed by atoms with E-state index in [1.807, 2.05) is 20.9 Å². The molecule has 12 nitrogen and oxygen atoms in total. The molecule has 2 aromatic rings. The maximum atomic E-state index is 15.8. The van der Waals surface area contributed by atoms with Crippen LogP contribution in [0.15, 0.2) is 30.5 Å². The summed E-state index contributed by atoms with van der Waals surface area (Å²) in [7, 11) is 3.93. The molecule has 2 saturated heterocycles. The van der Waals surface area contributed by atoms with Crippen molar-refractivity contribution < 1.29 is 23.5 Å². The van der Waals surface area contributed by atoms with Crippen LogP contribution in [0.1, 0.15) is 81.3 Å². The summed E-state index contributed by atoms with van der Waals surface area (Å²) < 4.78 is 23.6. The summed E-state index contributed by atoms with van der Waals surface area (Å²) >= 11 is 0. The lowest BCUT2D eigenvalue weighted by Crippen LogP contribution is -2.51. The van der Waals surface area contributed by atoms with Crippen LogP contribution in [0.2, 0.25) is 0 Å². The van der Waals surface area contributed by atoms with Gasteiger partial charge in [0.15, 0.2) is 0 Å². The number of epoxide rings is 1. The highest BCUT2D eigenvalue weighted by Gasteiger charge is 2.51. The quantitative estimate of drug-likeness (QED) is 0.291. The zero-order valence-corrected chi connectivity index (χ0v) is 29.5. The number of likely N-dealkylation sites (N-methyl/N-ethyl adjacent to an activating group) is 1. The highest BCUT2D eigenvalue weighted by atomic mass is 19.1. The van der Waals surface area contributed by atoms with E-state index in [1.165, 1.54) is 6.07 Å². The molecule has 5 atom stereocenters. The maximum absolute atomic E-state index is 15.8. The van der Waals surface area contributed by atoms with Crippen molar-refractivity contribution in [3.63, 3.8) is 0 Å². The fourth-order valence-corrected chi connectivity index (χ4v) is 7.45. The first-order valence-corrected chi connectivity index (χ1v) is 18.1. The molecule has 1 aromatic heterocycles. The van der Waals surface area contributed by atoms with Gasteiger partial charge < -0.3 is 30.5 Å². The number of carbonyl (C=O) groups excluding carboxylic acids is 3. The molecule has 1 aromatic carbocycles. The first-order chi connectivity index (χ1) is 23.5. The maximum Gasteiger partial charge on any atom is 0.317 e. The van der Waals surface area contributed by atoms with Gasteiger partial charge in [0.2, 0.25) is 5.91 Å². The Kier molecular flexibility index (Phi) is 10.9. The Hall–Kier alpha value is -3.55. The van der Waals surface area contributed by atoms with Crippen LogP contribution in [0.4, 0.5) is 14.9 Å². The molecule has 2 unspecified atom stereocenters. The summed E-state index contributed by atoms with van der Waals surface area (Å²) in [4.78, 5) is 46.7. The second-order valence-corrected chi connectivity index (χ2v) is 14.7. The fourth-order valence-electron chi connectivity index (χ4n) is 7.45. The molecule has 3 heterocycles. The van der Waals surface area contributed by atoms with Crippen LogP contribution < -0.4 is 16.0 Å². The lowest BCUT2D eigenvalue weighted by molar-refractivity contribution is -0.119. The summed E-state index contributed by atoms with van der Waals surface area (Å²) in [6.45, 7) is 10.3. The minimum atomic E-state index is -0.820. The number of ether oxygens (including phenoxy) is 1. The number of aromatic nitrogens is 2. The summed E-state index contributed by atoms with van der Waals surface area (Å²) in [5.41, 5.74) is 1.13. The Balaban J connectivity index is 1.16. The molecule has 2 saturated carbocycles. The molecule has 0 spiro atoms. The Morgan fingerprint density at radius 1 is 1.04 bits per heavy atom. The molecule has 2 aliphatic carbocycles. The topological polar surface area (TPSA) is 127 Å². The van der Waals surface area contributed by atoms with Crippen LogP contribution in [-0.4, -0.2) is 113 Å². The van der Waals surface area contributed by atoms with E-state index >= 15 is 4.39 Å². The zero-order valence-electron chi connectivity index (χ0n) is 29.5. The molecule has 4 amide bonds. The third-order valence-corrected chi connectivity index (χ3v) is 11.1. The largest absolute Gasteiger partial charge is 0.351 e. The van der Waals surface area contributed by atoms with E-state index in [9.17, 15) is 14.4 Å². The first-order valence-electron chi connectivity index (χ1n) is 18.1. The van der Waals surface area contributed by atoms with Crippen LogP contribution in [0.25, 0.3) is 0 Å². The van der Waals surface area contributed by atoms with Crippen molar-refractivity contribution in [2.24, 2.45) is 11.8 Å². The number of hydrogen-bond donors (Lipinski definition) is 3. The molecule has 6 rings (SSSR count). The number of anilines is 1. The van der Waals surface area contributed by atoms with Crippen molar-refractivity contribution in [1.29, 1.82) is 0 Å². The number of aryl methyl sites for hydroxylation is 1. The van der Waals surface area contributed by atoms with Gasteiger partial charge in [-0.3, -0.25) is 19.2 Å². The Bertz CT molecular complexity index is 1480. The number of halogens is 1. The van der Waals surface area contributed by atoms with E-state index in [4.69, 9.17) is 4.74 Å². The van der Waals surface area contributed by atoms with Gasteiger partial charge in [-0.2, -0.15) is 5.10 Å². The molecule has 2 aliphatic heterocycles. The SMILES string of the molecule is CCn1nccc1C(=O)N[C@H](C(=O)Nc1ccc([C@H](C)[C@@H](NC(=O)N(C)C2CC2)C2OC2N2CCN(C)CC2)cc1F)C1CCC(C)CC1. The predicted molar refractivity (Wildman–Crippen MR) is 185 cm³/mol. The van der Waals surface area contributed by atoms with Crippen molar-refractivity contribution >= 4 is 23.5 Å². The second-order valence-electron chi connectivity index (χ2n) is 14.7. The van der Waals surface area contributed by atoms with Crippen LogP contribution in [0, 0.1) is 17.7 Å². The number of rotatable bonds is 12. The van der Waals surface area contributed by atoms with E-state index in [0.29, 0.717) is 23.7 Å². The van der Waals surface area contributed by atoms with Gasteiger partial charge in [0.25, 0.3) is 5.91 Å². The normalized spacial score (nSPS) is 26.3. The summed E-state index contributed by atoms with van der Waals surface area (Å²) in [5, 5.41) is 13.2. The summed E-state index contributed by atoms with van der Waals surface area (Å²) in [6, 6.07) is 5.36. The molecule has 268 valence electrons. The van der Waals surface area contributed by atoms with E-state index in [1.54, 1.807) is 34.0 Å². The minimum Gasteiger partial charge on any atom is -0.351 e. The molecule has 0 bridgehead atoms. The Labute approximate surface area is 289 Å². The van der Waals surface area contributed by atoms with Gasteiger partial charge in [-0.05, 0) is 75.3 Å². The van der Waals surface area contributed by atoms with E-state index in [0.717, 1.165) is 64.7 Å².